The molecule has 0 aliphatic carbocycles. The summed E-state index contributed by atoms with van der Waals surface area (Å²) in [6.45, 7) is 3.11. The lowest BCUT2D eigenvalue weighted by molar-refractivity contribution is -0.0818. The number of methoxy groups -OCH3 is 1. The van der Waals surface area contributed by atoms with Crippen molar-refractivity contribution in [3.05, 3.63) is 83.3 Å². The van der Waals surface area contributed by atoms with Crippen LogP contribution in [0.3, 0.4) is 0 Å². The first-order chi connectivity index (χ1) is 17.6. The number of fused-ring (bicyclic) bond motifs is 3. The normalized spacial score (nSPS) is 20.0. The predicted octanol–water partition coefficient (Wildman–Crippen LogP) is 3.78. The van der Waals surface area contributed by atoms with Gasteiger partial charge in [0.1, 0.15) is 11.3 Å². The van der Waals surface area contributed by atoms with Crippen LogP contribution in [0.2, 0.25) is 5.02 Å². The Kier molecular flexibility index (Phi) is 6.08. The highest BCUT2D eigenvalue weighted by Gasteiger charge is 2.42. The zero-order valence-electron chi connectivity index (χ0n) is 19.9. The van der Waals surface area contributed by atoms with Gasteiger partial charge in [0.2, 0.25) is 5.88 Å². The zero-order valence-corrected chi connectivity index (χ0v) is 20.6. The molecule has 0 radical (unpaired) electrons. The van der Waals surface area contributed by atoms with Gasteiger partial charge in [-0.05, 0) is 30.3 Å². The molecular formula is C27H26ClN5O3. The number of piperazine rings is 1. The summed E-state index contributed by atoms with van der Waals surface area (Å²) in [5.41, 5.74) is 4.38. The molecule has 9 heteroatoms. The first-order valence-electron chi connectivity index (χ1n) is 12.0. The molecule has 2 unspecified atom stereocenters. The van der Waals surface area contributed by atoms with Crippen molar-refractivity contribution in [2.45, 2.75) is 18.6 Å². The third-order valence-corrected chi connectivity index (χ3v) is 7.10. The van der Waals surface area contributed by atoms with Crippen LogP contribution in [0.4, 0.5) is 0 Å². The first kappa shape index (κ1) is 23.0. The van der Waals surface area contributed by atoms with E-state index in [9.17, 15) is 4.79 Å². The summed E-state index contributed by atoms with van der Waals surface area (Å²) in [5.74, 6) is 0.353. The molecule has 0 N–H and O–H groups in total. The Balaban J connectivity index is 1.29. The van der Waals surface area contributed by atoms with Crippen molar-refractivity contribution >= 4 is 23.2 Å². The molecule has 8 nitrogen and oxygen atoms in total. The number of ether oxygens (including phenoxy) is 2. The van der Waals surface area contributed by atoms with Gasteiger partial charge >= 0.3 is 0 Å². The van der Waals surface area contributed by atoms with Crippen LogP contribution in [0.25, 0.3) is 16.9 Å². The van der Waals surface area contributed by atoms with Gasteiger partial charge in [0.05, 0.1) is 43.8 Å². The molecule has 184 valence electrons. The number of amides is 1. The smallest absolute Gasteiger partial charge is 0.273 e. The molecule has 6 rings (SSSR count). The molecule has 1 amide bonds. The average molecular weight is 504 g/mol. The molecule has 2 aliphatic rings. The van der Waals surface area contributed by atoms with Crippen molar-refractivity contribution in [3.8, 4) is 17.1 Å². The van der Waals surface area contributed by atoms with E-state index in [1.54, 1.807) is 25.3 Å². The quantitative estimate of drug-likeness (QED) is 0.413. The van der Waals surface area contributed by atoms with E-state index in [1.165, 1.54) is 0 Å². The van der Waals surface area contributed by atoms with E-state index in [0.29, 0.717) is 49.4 Å². The zero-order chi connectivity index (χ0) is 24.6. The maximum Gasteiger partial charge on any atom is 0.273 e. The van der Waals surface area contributed by atoms with Crippen LogP contribution < -0.4 is 4.74 Å². The number of nitrogens with zero attached hydrogens (tertiary/aromatic N) is 5. The van der Waals surface area contributed by atoms with Gasteiger partial charge in [-0.25, -0.2) is 9.97 Å². The number of carbonyl (C=O) groups is 1. The summed E-state index contributed by atoms with van der Waals surface area (Å²) in [5, 5.41) is 0.697. The fraction of sp³-hybridized carbons (Fsp3) is 0.296. The first-order valence-corrected chi connectivity index (χ1v) is 12.3. The average Bonchev–Trinajstić information content (AvgIpc) is 3.26. The number of halogens is 1. The molecule has 2 saturated heterocycles. The molecule has 2 atom stereocenters. The molecule has 4 aromatic rings. The molecule has 2 fully saturated rings. The number of pyridine rings is 2. The fourth-order valence-electron chi connectivity index (χ4n) is 5.24. The summed E-state index contributed by atoms with van der Waals surface area (Å²) >= 11 is 6.14. The molecule has 2 aliphatic heterocycles. The number of morpholine rings is 1. The van der Waals surface area contributed by atoms with Gasteiger partial charge in [-0.1, -0.05) is 35.9 Å². The monoisotopic (exact) mass is 503 g/mol. The highest BCUT2D eigenvalue weighted by atomic mass is 35.5. The molecular weight excluding hydrogens is 478 g/mol. The number of benzene rings is 1. The topological polar surface area (TPSA) is 72.2 Å². The maximum atomic E-state index is 13.5. The Hall–Kier alpha value is -3.46. The highest BCUT2D eigenvalue weighted by molar-refractivity contribution is 6.30. The van der Waals surface area contributed by atoms with Gasteiger partial charge in [0.25, 0.3) is 5.91 Å². The lowest BCUT2D eigenvalue weighted by atomic mass is 10.0. The number of hydrogen-bond acceptors (Lipinski definition) is 6. The van der Waals surface area contributed by atoms with E-state index in [1.807, 2.05) is 47.4 Å². The van der Waals surface area contributed by atoms with Crippen LogP contribution in [0.5, 0.6) is 5.88 Å². The van der Waals surface area contributed by atoms with Crippen molar-refractivity contribution in [1.82, 2.24) is 24.2 Å². The summed E-state index contributed by atoms with van der Waals surface area (Å²) in [6.07, 6.45) is 2.05. The van der Waals surface area contributed by atoms with Gasteiger partial charge in [0.15, 0.2) is 0 Å². The minimum atomic E-state index is -0.0801. The molecule has 1 aromatic carbocycles. The SMILES string of the molecule is COc1cccc(C(=O)N2C3COCC2CN(Cc2c(-c4ccc(Cl)cc4)nc4ccccn24)C3)n1. The van der Waals surface area contributed by atoms with Gasteiger partial charge in [-0.15, -0.1) is 0 Å². The van der Waals surface area contributed by atoms with Crippen LogP contribution >= 0.6 is 11.6 Å². The number of hydrogen-bond donors (Lipinski definition) is 0. The number of rotatable bonds is 5. The standard InChI is InChI=1S/C27H26ClN5O3/c1-35-25-7-4-5-22(29-25)27(34)33-20-13-31(14-21(33)17-36-16-20)15-23-26(18-8-10-19(28)11-9-18)30-24-6-2-3-12-32(23)24/h2-12,20-21H,13-17H2,1H3. The fourth-order valence-corrected chi connectivity index (χ4v) is 5.37. The number of aromatic nitrogens is 3. The van der Waals surface area contributed by atoms with E-state index >= 15 is 0 Å². The van der Waals surface area contributed by atoms with E-state index in [0.717, 1.165) is 22.6 Å². The van der Waals surface area contributed by atoms with Crippen molar-refractivity contribution in [2.75, 3.05) is 33.4 Å². The minimum absolute atomic E-state index is 0.0591. The second-order valence-electron chi connectivity index (χ2n) is 9.16. The maximum absolute atomic E-state index is 13.5. The molecule has 0 spiro atoms. The lowest BCUT2D eigenvalue weighted by Crippen LogP contribution is -2.66. The van der Waals surface area contributed by atoms with E-state index in [4.69, 9.17) is 26.1 Å². The van der Waals surface area contributed by atoms with E-state index in [-0.39, 0.29) is 18.0 Å². The van der Waals surface area contributed by atoms with Gasteiger partial charge in [0, 0.05) is 42.5 Å². The van der Waals surface area contributed by atoms with Crippen LogP contribution in [0.1, 0.15) is 16.2 Å². The van der Waals surface area contributed by atoms with Crippen LogP contribution in [0, 0.1) is 0 Å². The van der Waals surface area contributed by atoms with E-state index < -0.39 is 0 Å². The molecule has 0 saturated carbocycles. The lowest BCUT2D eigenvalue weighted by Gasteiger charge is -2.49. The second-order valence-corrected chi connectivity index (χ2v) is 9.60. The number of carbonyl (C=O) groups excluding carboxylic acids is 1. The van der Waals surface area contributed by atoms with E-state index in [2.05, 4.69) is 20.5 Å². The second kappa shape index (κ2) is 9.54. The molecule has 5 heterocycles. The summed E-state index contributed by atoms with van der Waals surface area (Å²) in [7, 11) is 1.55. The third-order valence-electron chi connectivity index (χ3n) is 6.85. The van der Waals surface area contributed by atoms with Gasteiger partial charge in [-0.3, -0.25) is 9.69 Å². The minimum Gasteiger partial charge on any atom is -0.481 e. The molecule has 2 bridgehead atoms. The summed E-state index contributed by atoms with van der Waals surface area (Å²) in [4.78, 5) is 27.1. The van der Waals surface area contributed by atoms with Crippen molar-refractivity contribution in [3.63, 3.8) is 0 Å². The van der Waals surface area contributed by atoms with Crippen molar-refractivity contribution in [2.24, 2.45) is 0 Å². The number of imidazole rings is 1. The Labute approximate surface area is 214 Å². The van der Waals surface area contributed by atoms with Crippen molar-refractivity contribution in [1.29, 1.82) is 0 Å². The molecule has 3 aromatic heterocycles. The van der Waals surface area contributed by atoms with Crippen LogP contribution in [-0.2, 0) is 11.3 Å². The van der Waals surface area contributed by atoms with Crippen molar-refractivity contribution < 1.29 is 14.3 Å². The predicted molar refractivity (Wildman–Crippen MR) is 136 cm³/mol. The summed E-state index contributed by atoms with van der Waals surface area (Å²) in [6, 6.07) is 19.0. The highest BCUT2D eigenvalue weighted by Crippen LogP contribution is 2.30. The largest absolute Gasteiger partial charge is 0.481 e. The summed E-state index contributed by atoms with van der Waals surface area (Å²) < 4.78 is 13.2. The van der Waals surface area contributed by atoms with Crippen LogP contribution in [0.15, 0.2) is 66.9 Å². The van der Waals surface area contributed by atoms with Crippen LogP contribution in [-0.4, -0.2) is 75.6 Å². The van der Waals surface area contributed by atoms with Gasteiger partial charge < -0.3 is 18.8 Å². The Morgan fingerprint density at radius 3 is 2.56 bits per heavy atom. The van der Waals surface area contributed by atoms with Gasteiger partial charge in [-0.2, -0.15) is 0 Å². The third kappa shape index (κ3) is 4.21. The molecule has 36 heavy (non-hydrogen) atoms. The Morgan fingerprint density at radius 2 is 1.81 bits per heavy atom. The Morgan fingerprint density at radius 1 is 1.03 bits per heavy atom. The Bertz CT molecular complexity index is 1390.